The van der Waals surface area contributed by atoms with Crippen LogP contribution in [-0.2, 0) is 19.4 Å². The zero-order valence-corrected chi connectivity index (χ0v) is 15.3. The Bertz CT molecular complexity index is 928. The molecule has 0 unspecified atom stereocenters. The second kappa shape index (κ2) is 7.86. The van der Waals surface area contributed by atoms with Gasteiger partial charge >= 0.3 is 5.97 Å². The Labute approximate surface area is 154 Å². The molecule has 2 rings (SSSR count). The Kier molecular flexibility index (Phi) is 6.05. The standard InChI is InChI=1S/C16H13Cl2NO5S/c1-25(22,23)14-5-3-2-4-11(14)16(21)24-9-15(20)19-10-6-7-12(17)13(18)8-10/h2-8H,9H2,1H3,(H,19,20). The van der Waals surface area contributed by atoms with E-state index in [4.69, 9.17) is 27.9 Å². The van der Waals surface area contributed by atoms with Crippen molar-refractivity contribution in [3.63, 3.8) is 0 Å². The van der Waals surface area contributed by atoms with Crippen LogP contribution in [0.5, 0.6) is 0 Å². The van der Waals surface area contributed by atoms with E-state index >= 15 is 0 Å². The monoisotopic (exact) mass is 401 g/mol. The summed E-state index contributed by atoms with van der Waals surface area (Å²) in [6.45, 7) is -0.586. The number of carbonyl (C=O) groups is 2. The molecule has 2 aromatic carbocycles. The van der Waals surface area contributed by atoms with Crippen molar-refractivity contribution in [1.82, 2.24) is 0 Å². The molecule has 1 amide bonds. The molecule has 0 aliphatic rings. The van der Waals surface area contributed by atoms with Crippen LogP contribution in [-0.4, -0.2) is 33.2 Å². The lowest BCUT2D eigenvalue weighted by Gasteiger charge is -2.09. The topological polar surface area (TPSA) is 89.5 Å². The number of sulfone groups is 1. The number of halogens is 2. The van der Waals surface area contributed by atoms with Gasteiger partial charge in [-0.15, -0.1) is 0 Å². The molecule has 0 heterocycles. The van der Waals surface area contributed by atoms with Crippen LogP contribution < -0.4 is 5.32 Å². The van der Waals surface area contributed by atoms with Crippen LogP contribution in [0.1, 0.15) is 10.4 Å². The first kappa shape index (κ1) is 19.2. The summed E-state index contributed by atoms with van der Waals surface area (Å²) in [6.07, 6.45) is 0.982. The van der Waals surface area contributed by atoms with Gasteiger partial charge in [-0.05, 0) is 30.3 Å². The Hall–Kier alpha value is -2.09. The summed E-state index contributed by atoms with van der Waals surface area (Å²) in [7, 11) is -3.60. The van der Waals surface area contributed by atoms with E-state index in [0.717, 1.165) is 6.26 Å². The van der Waals surface area contributed by atoms with Crippen molar-refractivity contribution in [2.45, 2.75) is 4.90 Å². The fraction of sp³-hybridized carbons (Fsp3) is 0.125. The molecular formula is C16H13Cl2NO5S. The molecule has 0 saturated carbocycles. The number of benzene rings is 2. The van der Waals surface area contributed by atoms with Crippen molar-refractivity contribution in [3.8, 4) is 0 Å². The maximum atomic E-state index is 12.1. The van der Waals surface area contributed by atoms with E-state index in [2.05, 4.69) is 5.32 Å². The van der Waals surface area contributed by atoms with Gasteiger partial charge in [0.25, 0.3) is 5.91 Å². The second-order valence-corrected chi connectivity index (χ2v) is 7.82. The van der Waals surface area contributed by atoms with E-state index in [1.54, 1.807) is 0 Å². The molecule has 0 atom stereocenters. The summed E-state index contributed by atoms with van der Waals surface area (Å²) in [5.74, 6) is -1.52. The van der Waals surface area contributed by atoms with Crippen LogP contribution in [0.3, 0.4) is 0 Å². The van der Waals surface area contributed by atoms with Crippen LogP contribution in [0.15, 0.2) is 47.4 Å². The summed E-state index contributed by atoms with van der Waals surface area (Å²) < 4.78 is 28.3. The molecule has 6 nitrogen and oxygen atoms in total. The predicted octanol–water partition coefficient (Wildman–Crippen LogP) is 3.19. The van der Waals surface area contributed by atoms with Crippen molar-refractivity contribution in [3.05, 3.63) is 58.1 Å². The quantitative estimate of drug-likeness (QED) is 0.776. The van der Waals surface area contributed by atoms with Crippen LogP contribution in [0.25, 0.3) is 0 Å². The molecule has 0 bridgehead atoms. The summed E-state index contributed by atoms with van der Waals surface area (Å²) in [6, 6.07) is 10.1. The number of amides is 1. The lowest BCUT2D eigenvalue weighted by atomic mass is 10.2. The zero-order chi connectivity index (χ0) is 18.6. The largest absolute Gasteiger partial charge is 0.452 e. The third-order valence-electron chi connectivity index (χ3n) is 3.04. The normalized spacial score (nSPS) is 11.0. The summed E-state index contributed by atoms with van der Waals surface area (Å²) in [5, 5.41) is 3.08. The Morgan fingerprint density at radius 2 is 1.76 bits per heavy atom. The lowest BCUT2D eigenvalue weighted by Crippen LogP contribution is -2.21. The average molecular weight is 402 g/mol. The van der Waals surface area contributed by atoms with Crippen LogP contribution >= 0.6 is 23.2 Å². The number of anilines is 1. The molecule has 0 aliphatic heterocycles. The van der Waals surface area contributed by atoms with E-state index in [1.807, 2.05) is 0 Å². The number of ether oxygens (including phenoxy) is 1. The highest BCUT2D eigenvalue weighted by atomic mass is 35.5. The minimum absolute atomic E-state index is 0.132. The third-order valence-corrected chi connectivity index (χ3v) is 4.94. The first-order valence-electron chi connectivity index (χ1n) is 6.89. The molecule has 0 spiro atoms. The van der Waals surface area contributed by atoms with Gasteiger partial charge < -0.3 is 10.1 Å². The van der Waals surface area contributed by atoms with Gasteiger partial charge in [-0.1, -0.05) is 35.3 Å². The molecule has 1 N–H and O–H groups in total. The highest BCUT2D eigenvalue weighted by Gasteiger charge is 2.20. The maximum Gasteiger partial charge on any atom is 0.339 e. The first-order valence-corrected chi connectivity index (χ1v) is 9.54. The van der Waals surface area contributed by atoms with Crippen molar-refractivity contribution in [1.29, 1.82) is 0 Å². The molecule has 9 heteroatoms. The fourth-order valence-corrected chi connectivity index (χ4v) is 3.11. The van der Waals surface area contributed by atoms with Crippen LogP contribution in [0, 0.1) is 0 Å². The second-order valence-electron chi connectivity index (χ2n) is 5.02. The van der Waals surface area contributed by atoms with Gasteiger partial charge in [0, 0.05) is 11.9 Å². The molecule has 0 aliphatic carbocycles. The number of rotatable bonds is 5. The fourth-order valence-electron chi connectivity index (χ4n) is 1.94. The van der Waals surface area contributed by atoms with E-state index in [1.165, 1.54) is 42.5 Å². The van der Waals surface area contributed by atoms with Gasteiger partial charge in [-0.3, -0.25) is 4.79 Å². The summed E-state index contributed by atoms with van der Waals surface area (Å²) in [5.41, 5.74) is 0.249. The highest BCUT2D eigenvalue weighted by molar-refractivity contribution is 7.90. The number of hydrogen-bond donors (Lipinski definition) is 1. The number of hydrogen-bond acceptors (Lipinski definition) is 5. The maximum absolute atomic E-state index is 12.1. The van der Waals surface area contributed by atoms with Crippen molar-refractivity contribution < 1.29 is 22.7 Å². The molecule has 0 aromatic heterocycles. The lowest BCUT2D eigenvalue weighted by molar-refractivity contribution is -0.119. The minimum atomic E-state index is -3.60. The van der Waals surface area contributed by atoms with Crippen molar-refractivity contribution in [2.24, 2.45) is 0 Å². The smallest absolute Gasteiger partial charge is 0.339 e. The molecule has 0 saturated heterocycles. The average Bonchev–Trinajstić information content (AvgIpc) is 2.55. The molecule has 2 aromatic rings. The Morgan fingerprint density at radius 3 is 2.40 bits per heavy atom. The Balaban J connectivity index is 2.03. The van der Waals surface area contributed by atoms with Gasteiger partial charge in [0.2, 0.25) is 0 Å². The minimum Gasteiger partial charge on any atom is -0.452 e. The van der Waals surface area contributed by atoms with Crippen LogP contribution in [0.2, 0.25) is 10.0 Å². The zero-order valence-electron chi connectivity index (χ0n) is 13.0. The molecule has 0 radical (unpaired) electrons. The third kappa shape index (κ3) is 5.19. The SMILES string of the molecule is CS(=O)(=O)c1ccccc1C(=O)OCC(=O)Nc1ccc(Cl)c(Cl)c1. The van der Waals surface area contributed by atoms with E-state index in [0.29, 0.717) is 10.7 Å². The van der Waals surface area contributed by atoms with E-state index in [-0.39, 0.29) is 15.5 Å². The van der Waals surface area contributed by atoms with Gasteiger partial charge in [-0.2, -0.15) is 0 Å². The van der Waals surface area contributed by atoms with Gasteiger partial charge in [0.15, 0.2) is 16.4 Å². The molecule has 25 heavy (non-hydrogen) atoms. The molecule has 132 valence electrons. The van der Waals surface area contributed by atoms with Gasteiger partial charge in [0.05, 0.1) is 20.5 Å². The number of esters is 1. The highest BCUT2D eigenvalue weighted by Crippen LogP contribution is 2.25. The van der Waals surface area contributed by atoms with E-state index in [9.17, 15) is 18.0 Å². The predicted molar refractivity (Wildman–Crippen MR) is 94.9 cm³/mol. The number of carbonyl (C=O) groups excluding carboxylic acids is 2. The van der Waals surface area contributed by atoms with Gasteiger partial charge in [0.1, 0.15) is 0 Å². The number of nitrogens with one attached hydrogen (secondary N) is 1. The van der Waals surface area contributed by atoms with Crippen molar-refractivity contribution >= 4 is 50.6 Å². The summed E-state index contributed by atoms with van der Waals surface area (Å²) in [4.78, 5) is 23.7. The first-order chi connectivity index (χ1) is 11.7. The molecule has 0 fully saturated rings. The van der Waals surface area contributed by atoms with Crippen LogP contribution in [0.4, 0.5) is 5.69 Å². The Morgan fingerprint density at radius 1 is 1.08 bits per heavy atom. The van der Waals surface area contributed by atoms with Crippen molar-refractivity contribution in [2.75, 3.05) is 18.2 Å². The molecular weight excluding hydrogens is 389 g/mol. The van der Waals surface area contributed by atoms with Gasteiger partial charge in [-0.25, -0.2) is 13.2 Å². The van der Waals surface area contributed by atoms with E-state index < -0.39 is 28.3 Å². The summed E-state index contributed by atoms with van der Waals surface area (Å²) >= 11 is 11.6.